The maximum absolute atomic E-state index is 13.2. The first-order chi connectivity index (χ1) is 10.8. The van der Waals surface area contributed by atoms with Gasteiger partial charge in [0, 0.05) is 18.0 Å². The summed E-state index contributed by atoms with van der Waals surface area (Å²) in [7, 11) is 1.66. The predicted molar refractivity (Wildman–Crippen MR) is 84.2 cm³/mol. The summed E-state index contributed by atoms with van der Waals surface area (Å²) in [5.41, 5.74) is 4.23. The largest absolute Gasteiger partial charge is 0.497 e. The molecule has 1 atom stereocenters. The van der Waals surface area contributed by atoms with Crippen LogP contribution in [0.1, 0.15) is 17.3 Å². The van der Waals surface area contributed by atoms with Gasteiger partial charge in [-0.2, -0.15) is 0 Å². The number of benzene rings is 2. The van der Waals surface area contributed by atoms with Crippen LogP contribution in [0.4, 0.5) is 10.1 Å². The van der Waals surface area contributed by atoms with E-state index in [-0.39, 0.29) is 11.9 Å². The standard InChI is InChI=1S/C18H15FN2O/c1-22-14-8-9-16-15(11-14)20-18(17-3-2-10-21(16)17)12-4-6-13(19)7-5-12/h2-11,18,20H,1H3. The van der Waals surface area contributed by atoms with Crippen LogP contribution in [0.2, 0.25) is 0 Å². The summed E-state index contributed by atoms with van der Waals surface area (Å²) in [5, 5.41) is 3.53. The molecule has 2 heterocycles. The molecule has 1 N–H and O–H groups in total. The van der Waals surface area contributed by atoms with Gasteiger partial charge in [0.2, 0.25) is 0 Å². The molecule has 1 aliphatic heterocycles. The molecule has 0 saturated heterocycles. The molecular formula is C18H15FN2O. The van der Waals surface area contributed by atoms with Gasteiger partial charge in [0.15, 0.2) is 0 Å². The van der Waals surface area contributed by atoms with Crippen molar-refractivity contribution in [2.75, 3.05) is 12.4 Å². The number of aromatic nitrogens is 1. The Balaban J connectivity index is 1.85. The summed E-state index contributed by atoms with van der Waals surface area (Å²) >= 11 is 0. The smallest absolute Gasteiger partial charge is 0.123 e. The molecule has 1 aliphatic rings. The van der Waals surface area contributed by atoms with Crippen molar-refractivity contribution in [1.29, 1.82) is 0 Å². The Hall–Kier alpha value is -2.75. The molecule has 0 radical (unpaired) electrons. The molecule has 4 rings (SSSR count). The van der Waals surface area contributed by atoms with Crippen LogP contribution in [0.25, 0.3) is 5.69 Å². The maximum atomic E-state index is 13.2. The lowest BCUT2D eigenvalue weighted by atomic mass is 10.0. The van der Waals surface area contributed by atoms with Gasteiger partial charge in [-0.3, -0.25) is 0 Å². The van der Waals surface area contributed by atoms with Crippen LogP contribution in [-0.2, 0) is 0 Å². The lowest BCUT2D eigenvalue weighted by Gasteiger charge is -2.30. The molecule has 0 fully saturated rings. The Morgan fingerprint density at radius 3 is 2.68 bits per heavy atom. The van der Waals surface area contributed by atoms with Gasteiger partial charge in [0.25, 0.3) is 0 Å². The van der Waals surface area contributed by atoms with E-state index in [1.165, 1.54) is 12.1 Å². The summed E-state index contributed by atoms with van der Waals surface area (Å²) < 4.78 is 20.6. The van der Waals surface area contributed by atoms with Gasteiger partial charge in [0.05, 0.1) is 24.5 Å². The maximum Gasteiger partial charge on any atom is 0.123 e. The third-order valence-corrected chi connectivity index (χ3v) is 4.04. The molecule has 1 unspecified atom stereocenters. The Morgan fingerprint density at radius 2 is 1.91 bits per heavy atom. The zero-order valence-corrected chi connectivity index (χ0v) is 12.1. The quantitative estimate of drug-likeness (QED) is 0.768. The van der Waals surface area contributed by atoms with Crippen LogP contribution >= 0.6 is 0 Å². The average Bonchev–Trinajstić information content (AvgIpc) is 3.04. The van der Waals surface area contributed by atoms with E-state index in [4.69, 9.17) is 4.74 Å². The fourth-order valence-corrected chi connectivity index (χ4v) is 2.96. The van der Waals surface area contributed by atoms with Gasteiger partial charge >= 0.3 is 0 Å². The molecule has 1 aromatic heterocycles. The van der Waals surface area contributed by atoms with Gasteiger partial charge in [-0.05, 0) is 42.0 Å². The van der Waals surface area contributed by atoms with Crippen molar-refractivity contribution in [2.45, 2.75) is 6.04 Å². The summed E-state index contributed by atoms with van der Waals surface area (Å²) in [6.07, 6.45) is 2.04. The van der Waals surface area contributed by atoms with E-state index in [2.05, 4.69) is 16.0 Å². The molecule has 0 aliphatic carbocycles. The minimum absolute atomic E-state index is 0.0183. The van der Waals surface area contributed by atoms with Crippen molar-refractivity contribution in [3.05, 3.63) is 77.9 Å². The van der Waals surface area contributed by atoms with Crippen molar-refractivity contribution < 1.29 is 9.13 Å². The molecule has 0 bridgehead atoms. The number of methoxy groups -OCH3 is 1. The normalized spacial score (nSPS) is 15.6. The number of nitrogens with zero attached hydrogens (tertiary/aromatic N) is 1. The average molecular weight is 294 g/mol. The van der Waals surface area contributed by atoms with Crippen molar-refractivity contribution in [3.63, 3.8) is 0 Å². The Labute approximate surface area is 128 Å². The van der Waals surface area contributed by atoms with E-state index in [1.807, 2.05) is 42.6 Å². The monoisotopic (exact) mass is 294 g/mol. The number of nitrogens with one attached hydrogen (secondary N) is 1. The minimum Gasteiger partial charge on any atom is -0.497 e. The summed E-state index contributed by atoms with van der Waals surface area (Å²) in [6.45, 7) is 0. The van der Waals surface area contributed by atoms with Crippen LogP contribution in [0.3, 0.4) is 0 Å². The number of hydrogen-bond donors (Lipinski definition) is 1. The first-order valence-corrected chi connectivity index (χ1v) is 7.14. The molecule has 3 aromatic rings. The molecule has 22 heavy (non-hydrogen) atoms. The van der Waals surface area contributed by atoms with Gasteiger partial charge in [-0.15, -0.1) is 0 Å². The van der Waals surface area contributed by atoms with Crippen LogP contribution in [0.15, 0.2) is 60.8 Å². The highest BCUT2D eigenvalue weighted by Gasteiger charge is 2.25. The molecule has 110 valence electrons. The summed E-state index contributed by atoms with van der Waals surface area (Å²) in [5.74, 6) is 0.580. The molecule has 0 saturated carbocycles. The van der Waals surface area contributed by atoms with Crippen molar-refractivity contribution in [3.8, 4) is 11.4 Å². The zero-order chi connectivity index (χ0) is 15.1. The highest BCUT2D eigenvalue weighted by Crippen LogP contribution is 2.38. The number of rotatable bonds is 2. The van der Waals surface area contributed by atoms with E-state index in [1.54, 1.807) is 7.11 Å². The van der Waals surface area contributed by atoms with Crippen LogP contribution in [-0.4, -0.2) is 11.7 Å². The molecule has 2 aromatic carbocycles. The zero-order valence-electron chi connectivity index (χ0n) is 12.1. The van der Waals surface area contributed by atoms with Gasteiger partial charge in [-0.25, -0.2) is 4.39 Å². The van der Waals surface area contributed by atoms with Gasteiger partial charge < -0.3 is 14.6 Å². The fourth-order valence-electron chi connectivity index (χ4n) is 2.96. The number of fused-ring (bicyclic) bond motifs is 3. The Bertz CT molecular complexity index is 823. The van der Waals surface area contributed by atoms with E-state index in [0.717, 1.165) is 28.4 Å². The third-order valence-electron chi connectivity index (χ3n) is 4.04. The fraction of sp³-hybridized carbons (Fsp3) is 0.111. The van der Waals surface area contributed by atoms with Crippen molar-refractivity contribution in [1.82, 2.24) is 4.57 Å². The predicted octanol–water partition coefficient (Wildman–Crippen LogP) is 4.14. The highest BCUT2D eigenvalue weighted by atomic mass is 19.1. The number of ether oxygens (including phenoxy) is 1. The second kappa shape index (κ2) is 4.91. The second-order valence-corrected chi connectivity index (χ2v) is 5.32. The van der Waals surface area contributed by atoms with Crippen LogP contribution in [0.5, 0.6) is 5.75 Å². The lowest BCUT2D eigenvalue weighted by molar-refractivity contribution is 0.415. The Morgan fingerprint density at radius 1 is 1.09 bits per heavy atom. The first kappa shape index (κ1) is 13.0. The number of hydrogen-bond acceptors (Lipinski definition) is 2. The summed E-state index contributed by atoms with van der Waals surface area (Å²) in [6, 6.07) is 16.7. The highest BCUT2D eigenvalue weighted by molar-refractivity contribution is 5.69. The number of anilines is 1. The second-order valence-electron chi connectivity index (χ2n) is 5.32. The molecule has 4 heteroatoms. The SMILES string of the molecule is COc1ccc2c(c1)NC(c1ccc(F)cc1)c1cccn1-2. The minimum atomic E-state index is -0.225. The van der Waals surface area contributed by atoms with Crippen LogP contribution < -0.4 is 10.1 Å². The van der Waals surface area contributed by atoms with E-state index in [9.17, 15) is 4.39 Å². The van der Waals surface area contributed by atoms with Crippen LogP contribution in [0, 0.1) is 5.82 Å². The summed E-state index contributed by atoms with van der Waals surface area (Å²) in [4.78, 5) is 0. The molecule has 0 amide bonds. The first-order valence-electron chi connectivity index (χ1n) is 7.14. The van der Waals surface area contributed by atoms with E-state index in [0.29, 0.717) is 0 Å². The van der Waals surface area contributed by atoms with Gasteiger partial charge in [-0.1, -0.05) is 12.1 Å². The lowest BCUT2D eigenvalue weighted by Crippen LogP contribution is -2.22. The van der Waals surface area contributed by atoms with Crippen molar-refractivity contribution >= 4 is 5.69 Å². The Kier molecular flexibility index (Phi) is 2.89. The van der Waals surface area contributed by atoms with E-state index >= 15 is 0 Å². The molecule has 3 nitrogen and oxygen atoms in total. The molecular weight excluding hydrogens is 279 g/mol. The van der Waals surface area contributed by atoms with Gasteiger partial charge in [0.1, 0.15) is 11.6 Å². The molecule has 0 spiro atoms. The topological polar surface area (TPSA) is 26.2 Å². The van der Waals surface area contributed by atoms with Crippen molar-refractivity contribution in [2.24, 2.45) is 0 Å². The third kappa shape index (κ3) is 1.96. The number of halogens is 1. The van der Waals surface area contributed by atoms with E-state index < -0.39 is 0 Å².